The summed E-state index contributed by atoms with van der Waals surface area (Å²) in [6, 6.07) is 5.77. The third kappa shape index (κ3) is 4.45. The van der Waals surface area contributed by atoms with Crippen LogP contribution < -0.4 is 10.5 Å². The van der Waals surface area contributed by atoms with E-state index < -0.39 is 10.0 Å². The molecule has 1 aliphatic rings. The molecule has 29 heavy (non-hydrogen) atoms. The van der Waals surface area contributed by atoms with Crippen molar-refractivity contribution in [2.75, 3.05) is 11.1 Å². The van der Waals surface area contributed by atoms with Crippen molar-refractivity contribution >= 4 is 54.9 Å². The van der Waals surface area contributed by atoms with Crippen molar-refractivity contribution in [3.05, 3.63) is 40.5 Å². The molecule has 1 aliphatic carbocycles. The van der Waals surface area contributed by atoms with E-state index in [0.717, 1.165) is 28.1 Å². The van der Waals surface area contributed by atoms with Gasteiger partial charge in [-0.1, -0.05) is 11.8 Å². The smallest absolute Gasteiger partial charge is 0.238 e. The van der Waals surface area contributed by atoms with Crippen LogP contribution in [0.1, 0.15) is 29.1 Å². The van der Waals surface area contributed by atoms with E-state index in [4.69, 9.17) is 5.14 Å². The summed E-state index contributed by atoms with van der Waals surface area (Å²) in [6.45, 7) is 1.87. The van der Waals surface area contributed by atoms with Gasteiger partial charge in [-0.3, -0.25) is 4.79 Å². The molecular formula is C19H20N4O3S3. The molecule has 0 fully saturated rings. The third-order valence-electron chi connectivity index (χ3n) is 4.70. The first-order chi connectivity index (χ1) is 13.8. The molecule has 0 bridgehead atoms. The summed E-state index contributed by atoms with van der Waals surface area (Å²) in [5.74, 6) is 0.720. The minimum atomic E-state index is -3.75. The SMILES string of the molecule is Cc1nc(SCC(=O)Nc2ccc(S(N)(=O)=O)cc2)c2c3c(sc2n1)CCCC3. The number of thioether (sulfide) groups is 1. The number of hydrogen-bond acceptors (Lipinski definition) is 7. The summed E-state index contributed by atoms with van der Waals surface area (Å²) in [5, 5.41) is 9.82. The molecule has 152 valence electrons. The molecule has 0 unspecified atom stereocenters. The van der Waals surface area contributed by atoms with Gasteiger partial charge in [0.15, 0.2) is 0 Å². The van der Waals surface area contributed by atoms with Crippen molar-refractivity contribution in [1.82, 2.24) is 9.97 Å². The van der Waals surface area contributed by atoms with Crippen LogP contribution in [0.5, 0.6) is 0 Å². The zero-order chi connectivity index (χ0) is 20.6. The van der Waals surface area contributed by atoms with Crippen LogP contribution in [-0.2, 0) is 27.7 Å². The van der Waals surface area contributed by atoms with E-state index in [9.17, 15) is 13.2 Å². The predicted molar refractivity (Wildman–Crippen MR) is 116 cm³/mol. The zero-order valence-electron chi connectivity index (χ0n) is 15.8. The fourth-order valence-corrected chi connectivity index (χ4v) is 6.18. The summed E-state index contributed by atoms with van der Waals surface area (Å²) in [6.07, 6.45) is 4.51. The zero-order valence-corrected chi connectivity index (χ0v) is 18.2. The Bertz CT molecular complexity index is 1190. The number of anilines is 1. The van der Waals surface area contributed by atoms with Crippen LogP contribution in [0.4, 0.5) is 5.69 Å². The van der Waals surface area contributed by atoms with Gasteiger partial charge < -0.3 is 5.32 Å². The molecule has 2 heterocycles. The minimum Gasteiger partial charge on any atom is -0.325 e. The lowest BCUT2D eigenvalue weighted by Crippen LogP contribution is -2.15. The van der Waals surface area contributed by atoms with Gasteiger partial charge in [-0.15, -0.1) is 11.3 Å². The predicted octanol–water partition coefficient (Wildman–Crippen LogP) is 3.26. The van der Waals surface area contributed by atoms with Crippen LogP contribution in [-0.4, -0.2) is 30.0 Å². The van der Waals surface area contributed by atoms with E-state index >= 15 is 0 Å². The number of nitrogens with one attached hydrogen (secondary N) is 1. The van der Waals surface area contributed by atoms with E-state index in [1.165, 1.54) is 59.3 Å². The molecule has 0 saturated heterocycles. The first-order valence-corrected chi connectivity index (χ1v) is 12.5. The summed E-state index contributed by atoms with van der Waals surface area (Å²) in [4.78, 5) is 24.0. The van der Waals surface area contributed by atoms with Gasteiger partial charge in [0.2, 0.25) is 15.9 Å². The van der Waals surface area contributed by atoms with Gasteiger partial charge in [0.05, 0.1) is 10.6 Å². The minimum absolute atomic E-state index is 0.00552. The number of carbonyl (C=O) groups is 1. The lowest BCUT2D eigenvalue weighted by molar-refractivity contribution is -0.113. The second kappa shape index (κ2) is 8.02. The van der Waals surface area contributed by atoms with Gasteiger partial charge >= 0.3 is 0 Å². The largest absolute Gasteiger partial charge is 0.325 e. The molecule has 3 N–H and O–H groups in total. The maximum atomic E-state index is 12.4. The quantitative estimate of drug-likeness (QED) is 0.457. The summed E-state index contributed by atoms with van der Waals surface area (Å²) in [7, 11) is -3.75. The van der Waals surface area contributed by atoms with Gasteiger partial charge in [-0.2, -0.15) is 0 Å². The molecule has 0 saturated carbocycles. The normalized spacial score (nSPS) is 14.0. The van der Waals surface area contributed by atoms with Gasteiger partial charge in [0.1, 0.15) is 15.7 Å². The Kier molecular flexibility index (Phi) is 5.60. The number of hydrogen-bond donors (Lipinski definition) is 2. The Hall–Kier alpha value is -2.01. The Morgan fingerprint density at radius 2 is 1.93 bits per heavy atom. The number of aromatic nitrogens is 2. The number of carbonyl (C=O) groups excluding carboxylic acids is 1. The average molecular weight is 449 g/mol. The van der Waals surface area contributed by atoms with E-state index in [0.29, 0.717) is 11.5 Å². The number of fused-ring (bicyclic) bond motifs is 3. The molecule has 7 nitrogen and oxygen atoms in total. The molecule has 0 spiro atoms. The number of primary sulfonamides is 1. The van der Waals surface area contributed by atoms with Crippen molar-refractivity contribution in [3.63, 3.8) is 0 Å². The van der Waals surface area contributed by atoms with Crippen molar-refractivity contribution in [2.45, 2.75) is 42.5 Å². The maximum Gasteiger partial charge on any atom is 0.238 e. The van der Waals surface area contributed by atoms with Gasteiger partial charge in [0, 0.05) is 16.0 Å². The van der Waals surface area contributed by atoms with Crippen molar-refractivity contribution in [3.8, 4) is 0 Å². The van der Waals surface area contributed by atoms with E-state index in [2.05, 4.69) is 15.3 Å². The van der Waals surface area contributed by atoms with Crippen LogP contribution in [0.15, 0.2) is 34.2 Å². The second-order valence-electron chi connectivity index (χ2n) is 6.87. The highest BCUT2D eigenvalue weighted by Crippen LogP contribution is 2.39. The number of aryl methyl sites for hydroxylation is 3. The molecule has 10 heteroatoms. The fraction of sp³-hybridized carbons (Fsp3) is 0.316. The molecule has 0 aliphatic heterocycles. The third-order valence-corrected chi connectivity index (χ3v) is 7.79. The molecule has 1 aromatic carbocycles. The van der Waals surface area contributed by atoms with Gasteiger partial charge in [-0.05, 0) is 62.4 Å². The monoisotopic (exact) mass is 448 g/mol. The lowest BCUT2D eigenvalue weighted by atomic mass is 9.97. The molecule has 0 atom stereocenters. The van der Waals surface area contributed by atoms with Gasteiger partial charge in [0.25, 0.3) is 0 Å². The average Bonchev–Trinajstić information content (AvgIpc) is 3.04. The molecule has 1 amide bonds. The molecular weight excluding hydrogens is 428 g/mol. The topological polar surface area (TPSA) is 115 Å². The van der Waals surface area contributed by atoms with Crippen molar-refractivity contribution in [1.29, 1.82) is 0 Å². The van der Waals surface area contributed by atoms with E-state index in [-0.39, 0.29) is 16.6 Å². The highest BCUT2D eigenvalue weighted by Gasteiger charge is 2.21. The Morgan fingerprint density at radius 1 is 1.21 bits per heavy atom. The van der Waals surface area contributed by atoms with Crippen LogP contribution in [0.2, 0.25) is 0 Å². The number of amides is 1. The Morgan fingerprint density at radius 3 is 2.66 bits per heavy atom. The molecule has 3 aromatic rings. The lowest BCUT2D eigenvalue weighted by Gasteiger charge is -2.12. The Labute approximate surface area is 177 Å². The molecule has 4 rings (SSSR count). The van der Waals surface area contributed by atoms with Crippen LogP contribution >= 0.6 is 23.1 Å². The number of benzene rings is 1. The number of nitrogens with two attached hydrogens (primary N) is 1. The van der Waals surface area contributed by atoms with E-state index in [1.54, 1.807) is 11.3 Å². The summed E-state index contributed by atoms with van der Waals surface area (Å²) in [5.41, 5.74) is 1.86. The first-order valence-electron chi connectivity index (χ1n) is 9.15. The number of sulfonamides is 1. The second-order valence-corrected chi connectivity index (χ2v) is 10.5. The highest BCUT2D eigenvalue weighted by atomic mass is 32.2. The number of rotatable bonds is 5. The van der Waals surface area contributed by atoms with Crippen LogP contribution in [0.25, 0.3) is 10.2 Å². The summed E-state index contributed by atoms with van der Waals surface area (Å²) >= 11 is 3.15. The van der Waals surface area contributed by atoms with Crippen molar-refractivity contribution in [2.24, 2.45) is 5.14 Å². The molecule has 2 aromatic heterocycles. The van der Waals surface area contributed by atoms with Gasteiger partial charge in [-0.25, -0.2) is 23.5 Å². The van der Waals surface area contributed by atoms with E-state index in [1.807, 2.05) is 6.92 Å². The first kappa shape index (κ1) is 20.3. The Balaban J connectivity index is 1.49. The van der Waals surface area contributed by atoms with Crippen molar-refractivity contribution < 1.29 is 13.2 Å². The fourth-order valence-electron chi connectivity index (χ4n) is 3.39. The summed E-state index contributed by atoms with van der Waals surface area (Å²) < 4.78 is 22.6. The van der Waals surface area contributed by atoms with Crippen LogP contribution in [0, 0.1) is 6.92 Å². The highest BCUT2D eigenvalue weighted by molar-refractivity contribution is 8.00. The number of thiophene rings is 1. The van der Waals surface area contributed by atoms with Crippen LogP contribution in [0.3, 0.4) is 0 Å². The molecule has 0 radical (unpaired) electrons. The number of nitrogens with zero attached hydrogens (tertiary/aromatic N) is 2. The standard InChI is InChI=1S/C19H20N4O3S3/c1-11-21-18(17-14-4-2-3-5-15(14)28-19(17)22-11)27-10-16(24)23-12-6-8-13(9-7-12)29(20,25)26/h6-9H,2-5,10H2,1H3,(H,23,24)(H2,20,25,26). The maximum absolute atomic E-state index is 12.4.